The van der Waals surface area contributed by atoms with Crippen molar-refractivity contribution < 1.29 is 14.3 Å². The Balaban J connectivity index is 2.36. The minimum atomic E-state index is -0.482. The van der Waals surface area contributed by atoms with Crippen LogP contribution in [0.15, 0.2) is 4.99 Å². The van der Waals surface area contributed by atoms with Crippen molar-refractivity contribution in [2.75, 3.05) is 39.8 Å². The summed E-state index contributed by atoms with van der Waals surface area (Å²) in [4.78, 5) is 30.1. The molecule has 0 aromatic rings. The van der Waals surface area contributed by atoms with Crippen LogP contribution in [0.1, 0.15) is 53.4 Å². The molecule has 3 N–H and O–H groups in total. The number of hydrogen-bond donors (Lipinski definition) is 3. The zero-order chi connectivity index (χ0) is 20.3. The second kappa shape index (κ2) is 11.7. The van der Waals surface area contributed by atoms with Crippen molar-refractivity contribution in [1.82, 2.24) is 20.9 Å². The summed E-state index contributed by atoms with van der Waals surface area (Å²) in [6, 6.07) is 0. The first-order valence-corrected chi connectivity index (χ1v) is 9.95. The van der Waals surface area contributed by atoms with Crippen molar-refractivity contribution in [1.29, 1.82) is 0 Å². The van der Waals surface area contributed by atoms with Gasteiger partial charge < -0.3 is 25.6 Å². The van der Waals surface area contributed by atoms with Crippen molar-refractivity contribution in [3.8, 4) is 0 Å². The molecule has 0 aliphatic carbocycles. The van der Waals surface area contributed by atoms with E-state index in [-0.39, 0.29) is 5.91 Å². The normalized spacial score (nSPS) is 16.0. The molecule has 0 saturated carbocycles. The summed E-state index contributed by atoms with van der Waals surface area (Å²) in [6.45, 7) is 11.4. The highest BCUT2D eigenvalue weighted by Gasteiger charge is 2.23. The van der Waals surface area contributed by atoms with Crippen LogP contribution in [0, 0.1) is 5.92 Å². The van der Waals surface area contributed by atoms with Gasteiger partial charge >= 0.3 is 6.09 Å². The van der Waals surface area contributed by atoms with Crippen LogP contribution in [0.3, 0.4) is 0 Å². The van der Waals surface area contributed by atoms with Gasteiger partial charge in [-0.05, 0) is 52.9 Å². The van der Waals surface area contributed by atoms with Crippen LogP contribution < -0.4 is 16.0 Å². The molecule has 0 aromatic carbocycles. The molecule has 156 valence electrons. The maximum atomic E-state index is 11.6. The van der Waals surface area contributed by atoms with E-state index in [0.717, 1.165) is 44.9 Å². The molecule has 1 saturated heterocycles. The maximum absolute atomic E-state index is 11.6. The number of likely N-dealkylation sites (tertiary alicyclic amines) is 1. The number of carbonyl (C=O) groups is 2. The average Bonchev–Trinajstić information content (AvgIpc) is 2.59. The first-order valence-electron chi connectivity index (χ1n) is 9.95. The molecule has 0 radical (unpaired) electrons. The summed E-state index contributed by atoms with van der Waals surface area (Å²) >= 11 is 0. The Kier molecular flexibility index (Phi) is 9.96. The first-order chi connectivity index (χ1) is 12.7. The van der Waals surface area contributed by atoms with Gasteiger partial charge in [-0.2, -0.15) is 0 Å². The highest BCUT2D eigenvalue weighted by atomic mass is 16.6. The van der Waals surface area contributed by atoms with Gasteiger partial charge in [-0.25, -0.2) is 4.79 Å². The van der Waals surface area contributed by atoms with Gasteiger partial charge in [-0.15, -0.1) is 0 Å². The number of rotatable bonds is 7. The fourth-order valence-electron chi connectivity index (χ4n) is 2.91. The SMILES string of the molecule is CCNC(=NCCCNC(=O)OC(C)(C)C)N1CCC(CC(=O)NC)CC1. The van der Waals surface area contributed by atoms with E-state index in [2.05, 4.69) is 32.8 Å². The number of ether oxygens (including phenoxy) is 1. The summed E-state index contributed by atoms with van der Waals surface area (Å²) in [5, 5.41) is 8.79. The molecule has 1 heterocycles. The number of hydrogen-bond acceptors (Lipinski definition) is 4. The summed E-state index contributed by atoms with van der Waals surface area (Å²) in [6.07, 6.45) is 2.96. The number of piperidine rings is 1. The van der Waals surface area contributed by atoms with Gasteiger partial charge in [0, 0.05) is 46.2 Å². The molecular formula is C19H37N5O3. The molecule has 8 nitrogen and oxygen atoms in total. The van der Waals surface area contributed by atoms with Gasteiger partial charge in [0.15, 0.2) is 5.96 Å². The highest BCUT2D eigenvalue weighted by molar-refractivity contribution is 5.80. The third kappa shape index (κ3) is 10.1. The Bertz CT molecular complexity index is 494. The molecular weight excluding hydrogens is 346 g/mol. The number of nitrogens with one attached hydrogen (secondary N) is 3. The lowest BCUT2D eigenvalue weighted by molar-refractivity contribution is -0.121. The van der Waals surface area contributed by atoms with Crippen molar-refractivity contribution >= 4 is 18.0 Å². The van der Waals surface area contributed by atoms with Crippen molar-refractivity contribution in [2.24, 2.45) is 10.9 Å². The number of carbonyl (C=O) groups excluding carboxylic acids is 2. The van der Waals surface area contributed by atoms with Crippen LogP contribution in [-0.4, -0.2) is 68.2 Å². The monoisotopic (exact) mass is 383 g/mol. The Morgan fingerprint density at radius 3 is 2.41 bits per heavy atom. The van der Waals surface area contributed by atoms with E-state index in [9.17, 15) is 9.59 Å². The zero-order valence-corrected chi connectivity index (χ0v) is 17.6. The Hall–Kier alpha value is -1.99. The summed E-state index contributed by atoms with van der Waals surface area (Å²) in [5.41, 5.74) is -0.482. The van der Waals surface area contributed by atoms with E-state index in [1.807, 2.05) is 20.8 Å². The topological polar surface area (TPSA) is 95.1 Å². The second-order valence-corrected chi connectivity index (χ2v) is 7.83. The maximum Gasteiger partial charge on any atom is 0.407 e. The lowest BCUT2D eigenvalue weighted by Crippen LogP contribution is -2.46. The third-order valence-electron chi connectivity index (χ3n) is 4.27. The quantitative estimate of drug-likeness (QED) is 0.353. The van der Waals surface area contributed by atoms with Crippen LogP contribution in [0.5, 0.6) is 0 Å². The van der Waals surface area contributed by atoms with E-state index in [1.165, 1.54) is 0 Å². The summed E-state index contributed by atoms with van der Waals surface area (Å²) in [5.74, 6) is 1.47. The highest BCUT2D eigenvalue weighted by Crippen LogP contribution is 2.20. The number of aliphatic imine (C=N–C) groups is 1. The molecule has 0 atom stereocenters. The van der Waals surface area contributed by atoms with Gasteiger partial charge in [0.1, 0.15) is 5.60 Å². The minimum absolute atomic E-state index is 0.117. The van der Waals surface area contributed by atoms with Crippen LogP contribution in [0.2, 0.25) is 0 Å². The minimum Gasteiger partial charge on any atom is -0.444 e. The lowest BCUT2D eigenvalue weighted by atomic mass is 9.93. The van der Waals surface area contributed by atoms with Crippen molar-refractivity contribution in [3.05, 3.63) is 0 Å². The predicted octanol–water partition coefficient (Wildman–Crippen LogP) is 1.71. The molecule has 0 aromatic heterocycles. The molecule has 0 bridgehead atoms. The molecule has 1 aliphatic rings. The van der Waals surface area contributed by atoms with E-state index >= 15 is 0 Å². The van der Waals surface area contributed by atoms with E-state index in [1.54, 1.807) is 7.05 Å². The fourth-order valence-corrected chi connectivity index (χ4v) is 2.91. The first kappa shape index (κ1) is 23.0. The van der Waals surface area contributed by atoms with Crippen LogP contribution in [0.25, 0.3) is 0 Å². The van der Waals surface area contributed by atoms with E-state index in [0.29, 0.717) is 25.4 Å². The lowest BCUT2D eigenvalue weighted by Gasteiger charge is -2.34. The molecule has 1 fully saturated rings. The molecule has 1 aliphatic heterocycles. The van der Waals surface area contributed by atoms with Gasteiger partial charge in [-0.1, -0.05) is 0 Å². The smallest absolute Gasteiger partial charge is 0.407 e. The van der Waals surface area contributed by atoms with Crippen molar-refractivity contribution in [3.63, 3.8) is 0 Å². The number of amides is 2. The van der Waals surface area contributed by atoms with Gasteiger partial charge in [-0.3, -0.25) is 9.79 Å². The Morgan fingerprint density at radius 1 is 1.19 bits per heavy atom. The Morgan fingerprint density at radius 2 is 1.85 bits per heavy atom. The van der Waals surface area contributed by atoms with Gasteiger partial charge in [0.25, 0.3) is 0 Å². The van der Waals surface area contributed by atoms with E-state index in [4.69, 9.17) is 4.74 Å². The van der Waals surface area contributed by atoms with Crippen LogP contribution in [0.4, 0.5) is 4.79 Å². The number of alkyl carbamates (subject to hydrolysis) is 1. The Labute approximate surface area is 163 Å². The van der Waals surface area contributed by atoms with Crippen molar-refractivity contribution in [2.45, 2.75) is 59.0 Å². The molecule has 27 heavy (non-hydrogen) atoms. The second-order valence-electron chi connectivity index (χ2n) is 7.83. The number of nitrogens with zero attached hydrogens (tertiary/aromatic N) is 2. The van der Waals surface area contributed by atoms with Crippen LogP contribution in [-0.2, 0) is 9.53 Å². The molecule has 2 amide bonds. The van der Waals surface area contributed by atoms with Gasteiger partial charge in [0.05, 0.1) is 0 Å². The summed E-state index contributed by atoms with van der Waals surface area (Å²) < 4.78 is 5.21. The standard InChI is InChI=1S/C19H37N5O3/c1-6-21-17(22-10-7-11-23-18(26)27-19(2,3)4)24-12-8-15(9-13-24)14-16(25)20-5/h15H,6-14H2,1-5H3,(H,20,25)(H,21,22)(H,23,26). The molecule has 8 heteroatoms. The largest absolute Gasteiger partial charge is 0.444 e. The molecule has 1 rings (SSSR count). The number of guanidine groups is 1. The predicted molar refractivity (Wildman–Crippen MR) is 108 cm³/mol. The average molecular weight is 384 g/mol. The fraction of sp³-hybridized carbons (Fsp3) is 0.842. The third-order valence-corrected chi connectivity index (χ3v) is 4.27. The zero-order valence-electron chi connectivity index (χ0n) is 17.6. The van der Waals surface area contributed by atoms with Gasteiger partial charge in [0.2, 0.25) is 5.91 Å². The van der Waals surface area contributed by atoms with Crippen LogP contribution >= 0.6 is 0 Å². The molecule has 0 unspecified atom stereocenters. The van der Waals surface area contributed by atoms with E-state index < -0.39 is 11.7 Å². The summed E-state index contributed by atoms with van der Waals surface area (Å²) in [7, 11) is 1.69. The molecule has 0 spiro atoms.